The van der Waals surface area contributed by atoms with Gasteiger partial charge in [-0.2, -0.15) is 0 Å². The number of ether oxygens (including phenoxy) is 2. The van der Waals surface area contributed by atoms with Crippen molar-refractivity contribution >= 4 is 43.5 Å². The number of nitrogens with two attached hydrogens (primary N) is 1. The van der Waals surface area contributed by atoms with Crippen LogP contribution in [-0.2, 0) is 37.4 Å². The number of amides is 1. The number of hydrogen-bond donors (Lipinski definition) is 2. The van der Waals surface area contributed by atoms with Crippen molar-refractivity contribution in [3.05, 3.63) is 66.0 Å². The minimum absolute atomic E-state index is 0.0462. The highest BCUT2D eigenvalue weighted by Gasteiger charge is 2.26. The molecule has 0 aliphatic heterocycles. The number of nitrogens with one attached hydrogen (secondary N) is 1. The maximum atomic E-state index is 13.1. The summed E-state index contributed by atoms with van der Waals surface area (Å²) in [5, 5.41) is 16.1. The molecule has 4 rings (SSSR count). The molecule has 194 valence electrons. The van der Waals surface area contributed by atoms with Gasteiger partial charge in [0.25, 0.3) is 10.0 Å². The van der Waals surface area contributed by atoms with Crippen molar-refractivity contribution in [2.24, 2.45) is 5.14 Å². The van der Waals surface area contributed by atoms with E-state index in [0.717, 1.165) is 16.9 Å². The van der Waals surface area contributed by atoms with Crippen LogP contribution in [0.4, 0.5) is 0 Å². The highest BCUT2D eigenvalue weighted by atomic mass is 32.2. The molecule has 37 heavy (non-hydrogen) atoms. The van der Waals surface area contributed by atoms with Gasteiger partial charge in [0, 0.05) is 6.42 Å². The Balaban J connectivity index is 1.49. The summed E-state index contributed by atoms with van der Waals surface area (Å²) in [6, 6.07) is 12.7. The lowest BCUT2D eigenvalue weighted by molar-refractivity contribution is -0.145. The summed E-state index contributed by atoms with van der Waals surface area (Å²) in [7, 11) is -2.64. The molecule has 0 radical (unpaired) electrons. The smallest absolute Gasteiger partial charge is 0.328 e. The molecule has 0 saturated carbocycles. The van der Waals surface area contributed by atoms with Gasteiger partial charge in [-0.1, -0.05) is 35.5 Å². The van der Waals surface area contributed by atoms with Crippen LogP contribution in [0.3, 0.4) is 0 Å². The molecule has 0 fully saturated rings. The zero-order valence-electron chi connectivity index (χ0n) is 19.9. The Kier molecular flexibility index (Phi) is 7.80. The zero-order valence-corrected chi connectivity index (χ0v) is 21.5. The van der Waals surface area contributed by atoms with E-state index in [1.165, 1.54) is 18.7 Å². The van der Waals surface area contributed by atoms with Gasteiger partial charge in [0.15, 0.2) is 0 Å². The van der Waals surface area contributed by atoms with E-state index in [0.29, 0.717) is 28.1 Å². The summed E-state index contributed by atoms with van der Waals surface area (Å²) in [5.41, 5.74) is 1.85. The minimum Gasteiger partial charge on any atom is -0.487 e. The minimum atomic E-state index is -3.89. The summed E-state index contributed by atoms with van der Waals surface area (Å²) in [4.78, 5) is 28.9. The quantitative estimate of drug-likeness (QED) is 0.282. The normalized spacial score (nSPS) is 13.2. The van der Waals surface area contributed by atoms with Gasteiger partial charge in [-0.3, -0.25) is 4.79 Å². The van der Waals surface area contributed by atoms with Gasteiger partial charge in [0.2, 0.25) is 10.2 Å². The van der Waals surface area contributed by atoms with E-state index in [2.05, 4.69) is 20.6 Å². The number of esters is 1. The van der Waals surface area contributed by atoms with Gasteiger partial charge in [-0.15, -0.1) is 16.4 Å². The Hall–Kier alpha value is -3.88. The molecular formula is C23H24N6O6S2. The summed E-state index contributed by atoms with van der Waals surface area (Å²) >= 11 is 0.947. The molecular weight excluding hydrogens is 520 g/mol. The molecule has 2 heterocycles. The molecule has 1 unspecified atom stereocenters. The maximum Gasteiger partial charge on any atom is 0.328 e. The van der Waals surface area contributed by atoms with E-state index in [1.54, 1.807) is 24.4 Å². The van der Waals surface area contributed by atoms with Gasteiger partial charge < -0.3 is 14.8 Å². The number of rotatable bonds is 10. The Labute approximate surface area is 216 Å². The first kappa shape index (κ1) is 26.2. The lowest BCUT2D eigenvalue weighted by Gasteiger charge is -2.19. The summed E-state index contributed by atoms with van der Waals surface area (Å²) < 4.78 is 35.5. The average molecular weight is 545 g/mol. The Morgan fingerprint density at radius 3 is 2.65 bits per heavy atom. The summed E-state index contributed by atoms with van der Waals surface area (Å²) in [6.07, 6.45) is 1.92. The molecule has 0 aliphatic rings. The zero-order chi connectivity index (χ0) is 26.6. The molecule has 2 atom stereocenters. The van der Waals surface area contributed by atoms with Gasteiger partial charge in [0.1, 0.15) is 30.1 Å². The van der Waals surface area contributed by atoms with Crippen LogP contribution in [0, 0.1) is 0 Å². The fourth-order valence-electron chi connectivity index (χ4n) is 3.47. The van der Waals surface area contributed by atoms with Crippen molar-refractivity contribution in [1.82, 2.24) is 25.3 Å². The second-order valence-electron chi connectivity index (χ2n) is 8.09. The van der Waals surface area contributed by atoms with Gasteiger partial charge in [0.05, 0.1) is 23.5 Å². The molecule has 2 aromatic heterocycles. The molecule has 0 bridgehead atoms. The number of carbonyl (C=O) groups is 2. The monoisotopic (exact) mass is 544 g/mol. The molecule has 1 amide bonds. The van der Waals surface area contributed by atoms with Crippen LogP contribution in [0.1, 0.15) is 24.2 Å². The van der Waals surface area contributed by atoms with Gasteiger partial charge >= 0.3 is 5.97 Å². The third-order valence-corrected chi connectivity index (χ3v) is 7.67. The number of benzene rings is 2. The van der Waals surface area contributed by atoms with Crippen molar-refractivity contribution in [2.75, 3.05) is 7.11 Å². The Morgan fingerprint density at radius 2 is 1.95 bits per heavy atom. The summed E-state index contributed by atoms with van der Waals surface area (Å²) in [6.45, 7) is 1.58. The van der Waals surface area contributed by atoms with Crippen molar-refractivity contribution in [3.8, 4) is 5.75 Å². The van der Waals surface area contributed by atoms with Crippen LogP contribution in [-0.4, -0.2) is 53.4 Å². The third kappa shape index (κ3) is 6.47. The first-order chi connectivity index (χ1) is 17.6. The lowest BCUT2D eigenvalue weighted by Crippen LogP contribution is -2.43. The van der Waals surface area contributed by atoms with Crippen molar-refractivity contribution in [3.63, 3.8) is 0 Å². The van der Waals surface area contributed by atoms with Crippen molar-refractivity contribution in [1.29, 1.82) is 0 Å². The number of thiazole rings is 1. The van der Waals surface area contributed by atoms with E-state index < -0.39 is 34.0 Å². The number of fused-ring (bicyclic) bond motifs is 1. The molecule has 2 aromatic carbocycles. The molecule has 0 saturated heterocycles. The topological polar surface area (TPSA) is 168 Å². The molecule has 14 heteroatoms. The third-order valence-electron chi connectivity index (χ3n) is 5.34. The second-order valence-corrected chi connectivity index (χ2v) is 10.9. The number of methoxy groups -OCH3 is 1. The SMILES string of the molecule is COC(=O)C(C)NC(=O)[C@H](Cc1ccccc1)n1cc(COc2ccc3nc(S(N)(=O)=O)sc3c2)nn1. The standard InChI is InChI=1S/C23H24N6O6S2/c1-14(22(31)34-2)25-21(30)19(10-15-6-4-3-5-7-15)29-12-16(27-28-29)13-35-17-8-9-18-20(11-17)36-23(26-18)37(24,32)33/h3-9,11-12,14,19H,10,13H2,1-2H3,(H,25,30)(H2,24,32,33)/t14?,19-/m0/s1. The molecule has 12 nitrogen and oxygen atoms in total. The first-order valence-corrected chi connectivity index (χ1v) is 13.4. The van der Waals surface area contributed by atoms with E-state index in [9.17, 15) is 18.0 Å². The predicted octanol–water partition coefficient (Wildman–Crippen LogP) is 1.58. The number of hydrogen-bond acceptors (Lipinski definition) is 10. The number of nitrogens with zero attached hydrogens (tertiary/aromatic N) is 4. The number of primary sulfonamides is 1. The average Bonchev–Trinajstić information content (AvgIpc) is 3.53. The molecule has 0 aliphatic carbocycles. The van der Waals surface area contributed by atoms with E-state index in [-0.39, 0.29) is 10.9 Å². The van der Waals surface area contributed by atoms with Crippen LogP contribution in [0.2, 0.25) is 0 Å². The first-order valence-electron chi connectivity index (χ1n) is 11.0. The molecule has 4 aromatic rings. The largest absolute Gasteiger partial charge is 0.487 e. The number of carbonyl (C=O) groups excluding carboxylic acids is 2. The Morgan fingerprint density at radius 1 is 1.19 bits per heavy atom. The van der Waals surface area contributed by atoms with Crippen molar-refractivity contribution in [2.45, 2.75) is 36.4 Å². The Bertz CT molecular complexity index is 1520. The highest BCUT2D eigenvalue weighted by Crippen LogP contribution is 2.28. The van der Waals surface area contributed by atoms with Gasteiger partial charge in [-0.05, 0) is 30.7 Å². The van der Waals surface area contributed by atoms with E-state index in [1.807, 2.05) is 30.3 Å². The fraction of sp³-hybridized carbons (Fsp3) is 0.261. The molecule has 0 spiro atoms. The maximum absolute atomic E-state index is 13.1. The molecule has 3 N–H and O–H groups in total. The van der Waals surface area contributed by atoms with Crippen LogP contribution in [0.15, 0.2) is 59.1 Å². The van der Waals surface area contributed by atoms with Gasteiger partial charge in [-0.25, -0.2) is 28.0 Å². The number of sulfonamides is 1. The lowest BCUT2D eigenvalue weighted by atomic mass is 10.1. The van der Waals surface area contributed by atoms with Crippen LogP contribution < -0.4 is 15.2 Å². The number of aromatic nitrogens is 4. The fourth-order valence-corrected chi connectivity index (χ4v) is 5.16. The van der Waals surface area contributed by atoms with E-state index >= 15 is 0 Å². The predicted molar refractivity (Wildman–Crippen MR) is 134 cm³/mol. The van der Waals surface area contributed by atoms with Crippen LogP contribution >= 0.6 is 11.3 Å². The van der Waals surface area contributed by atoms with Crippen molar-refractivity contribution < 1.29 is 27.5 Å². The summed E-state index contributed by atoms with van der Waals surface area (Å²) in [5.74, 6) is -0.508. The van der Waals surface area contributed by atoms with Crippen LogP contribution in [0.25, 0.3) is 10.2 Å². The van der Waals surface area contributed by atoms with E-state index in [4.69, 9.17) is 14.6 Å². The van der Waals surface area contributed by atoms with Crippen LogP contribution in [0.5, 0.6) is 5.75 Å². The second kappa shape index (κ2) is 11.0. The highest BCUT2D eigenvalue weighted by molar-refractivity contribution is 7.91.